The van der Waals surface area contributed by atoms with Crippen molar-refractivity contribution in [2.24, 2.45) is 11.8 Å². The highest BCUT2D eigenvalue weighted by atomic mass is 19.3. The highest BCUT2D eigenvalue weighted by Gasteiger charge is 2.42. The second kappa shape index (κ2) is 19.1. The number of rotatable bonds is 12. The number of aromatic nitrogens is 4. The van der Waals surface area contributed by atoms with Gasteiger partial charge in [-0.2, -0.15) is 8.78 Å². The minimum absolute atomic E-state index is 0.103. The van der Waals surface area contributed by atoms with Crippen LogP contribution >= 0.6 is 0 Å². The number of aromatic amines is 2. The molecule has 7 aromatic rings. The largest absolute Gasteiger partial charge is 0.453 e. The predicted octanol–water partition coefficient (Wildman–Crippen LogP) is 9.85. The Labute approximate surface area is 397 Å². The summed E-state index contributed by atoms with van der Waals surface area (Å²) in [6.07, 6.45) is 0.445. The van der Waals surface area contributed by atoms with Gasteiger partial charge >= 0.3 is 18.8 Å². The Morgan fingerprint density at radius 2 is 1.38 bits per heavy atom. The van der Waals surface area contributed by atoms with Crippen molar-refractivity contribution in [3.05, 3.63) is 108 Å². The lowest BCUT2D eigenvalue weighted by atomic mass is 9.98. The van der Waals surface area contributed by atoms with E-state index in [0.29, 0.717) is 35.7 Å². The van der Waals surface area contributed by atoms with E-state index in [9.17, 15) is 28.0 Å². The van der Waals surface area contributed by atoms with E-state index in [2.05, 4.69) is 50.9 Å². The zero-order chi connectivity index (χ0) is 48.7. The number of alkyl halides is 2. The van der Waals surface area contributed by atoms with Crippen LogP contribution in [0.5, 0.6) is 0 Å². The number of imidazole rings is 2. The van der Waals surface area contributed by atoms with Crippen LogP contribution in [0.2, 0.25) is 0 Å². The number of halogens is 2. The van der Waals surface area contributed by atoms with E-state index in [4.69, 9.17) is 24.2 Å². The topological polar surface area (TPSA) is 184 Å². The first-order valence-electron chi connectivity index (χ1n) is 23.3. The molecule has 0 bridgehead atoms. The molecule has 4 amide bonds. The number of hydrogen-bond donors (Lipinski definition) is 4. The Kier molecular flexibility index (Phi) is 13.0. The lowest BCUT2D eigenvalue weighted by molar-refractivity contribution is -0.139. The number of carbonyl (C=O) groups excluding carboxylic acids is 4. The van der Waals surface area contributed by atoms with Crippen molar-refractivity contribution in [3.8, 4) is 11.1 Å². The molecule has 4 N–H and O–H groups in total. The smallest absolute Gasteiger partial charge is 0.408 e. The Morgan fingerprint density at radius 1 is 0.768 bits per heavy atom. The number of nitrogens with one attached hydrogen (secondary N) is 4. The quantitative estimate of drug-likeness (QED) is 0.0926. The molecule has 0 unspecified atom stereocenters. The lowest BCUT2D eigenvalue weighted by Gasteiger charge is -2.29. The summed E-state index contributed by atoms with van der Waals surface area (Å²) in [7, 11) is 1.28. The van der Waals surface area contributed by atoms with Crippen LogP contribution in [0.3, 0.4) is 0 Å². The third-order valence-electron chi connectivity index (χ3n) is 13.0. The van der Waals surface area contributed by atoms with Crippen LogP contribution in [0.4, 0.5) is 18.4 Å². The average molecular weight is 943 g/mol. The standard InChI is InChI=1S/C52H56F2N8O7/c1-28(2)41(59-50(65)67-6)47(63)61-22-10-13-39(61)45-55-37-20-16-33-24-31(14-18-35(33)43(37)57-45)32-15-19-36-34(25-32)17-21-38-44(36)58-46(56-38)40-23-29(27-68-49(53)54)26-62(40)48(64)42(30-11-8-7-9-12-30)60-51(66)69-52(3,4)5/h7-9,11-12,14-21,24-25,28-29,39-42,49H,10,13,22-23,26-27H2,1-6H3,(H,55,57)(H,56,58)(H,59,65)(H,60,66)/t29-,39-,40-,41-,42+/m0/s1. The van der Waals surface area contributed by atoms with Crippen LogP contribution in [0.25, 0.3) is 54.7 Å². The van der Waals surface area contributed by atoms with Gasteiger partial charge in [-0.15, -0.1) is 0 Å². The second-order valence-corrected chi connectivity index (χ2v) is 19.3. The van der Waals surface area contributed by atoms with Gasteiger partial charge in [0.1, 0.15) is 29.3 Å². The Bertz CT molecular complexity index is 3060. The zero-order valence-corrected chi connectivity index (χ0v) is 39.3. The van der Waals surface area contributed by atoms with Gasteiger partial charge < -0.3 is 44.6 Å². The number of nitrogens with zero attached hydrogens (tertiary/aromatic N) is 4. The summed E-state index contributed by atoms with van der Waals surface area (Å²) in [4.78, 5) is 73.9. The van der Waals surface area contributed by atoms with Crippen LogP contribution in [0.15, 0.2) is 91.0 Å². The third kappa shape index (κ3) is 9.78. The van der Waals surface area contributed by atoms with Crippen LogP contribution in [-0.2, 0) is 23.8 Å². The molecule has 360 valence electrons. The van der Waals surface area contributed by atoms with Crippen molar-refractivity contribution < 1.29 is 42.2 Å². The van der Waals surface area contributed by atoms with E-state index >= 15 is 0 Å². The van der Waals surface area contributed by atoms with E-state index < -0.39 is 54.3 Å². The third-order valence-corrected chi connectivity index (χ3v) is 13.0. The molecule has 2 saturated heterocycles. The normalized spacial score (nSPS) is 18.4. The highest BCUT2D eigenvalue weighted by Crippen LogP contribution is 2.40. The number of alkyl carbamates (subject to hydrolysis) is 2. The van der Waals surface area contributed by atoms with E-state index in [-0.39, 0.29) is 31.0 Å². The Morgan fingerprint density at radius 3 is 1.94 bits per heavy atom. The molecule has 0 aliphatic carbocycles. The van der Waals surface area contributed by atoms with Gasteiger partial charge in [-0.1, -0.05) is 80.6 Å². The summed E-state index contributed by atoms with van der Waals surface area (Å²) in [5.74, 6) is 0.0213. The minimum Gasteiger partial charge on any atom is -0.453 e. The van der Waals surface area contributed by atoms with Gasteiger partial charge in [0, 0.05) is 29.8 Å². The van der Waals surface area contributed by atoms with E-state index in [1.165, 1.54) is 7.11 Å². The summed E-state index contributed by atoms with van der Waals surface area (Å²) >= 11 is 0. The predicted molar refractivity (Wildman–Crippen MR) is 257 cm³/mol. The fourth-order valence-electron chi connectivity index (χ4n) is 9.80. The van der Waals surface area contributed by atoms with Gasteiger partial charge in [-0.3, -0.25) is 9.59 Å². The Balaban J connectivity index is 0.989. The number of H-pyrrole nitrogens is 2. The van der Waals surface area contributed by atoms with Crippen molar-refractivity contribution >= 4 is 67.6 Å². The summed E-state index contributed by atoms with van der Waals surface area (Å²) in [6.45, 7) is 6.42. The minimum atomic E-state index is -2.96. The molecule has 69 heavy (non-hydrogen) atoms. The van der Waals surface area contributed by atoms with Crippen LogP contribution in [0.1, 0.15) is 89.2 Å². The number of likely N-dealkylation sites (tertiary alicyclic amines) is 2. The molecule has 2 fully saturated rings. The number of benzene rings is 5. The number of amides is 4. The molecule has 17 heteroatoms. The van der Waals surface area contributed by atoms with Crippen molar-refractivity contribution in [2.75, 3.05) is 26.8 Å². The van der Waals surface area contributed by atoms with Gasteiger partial charge in [-0.05, 0) is 97.7 Å². The molecule has 5 atom stereocenters. The van der Waals surface area contributed by atoms with Gasteiger partial charge in [0.25, 0.3) is 5.91 Å². The molecule has 0 spiro atoms. The molecule has 9 rings (SSSR count). The van der Waals surface area contributed by atoms with Gasteiger partial charge in [0.15, 0.2) is 0 Å². The number of hydrogen-bond acceptors (Lipinski definition) is 9. The van der Waals surface area contributed by atoms with E-state index in [1.807, 2.05) is 50.2 Å². The first-order chi connectivity index (χ1) is 33.0. The molecule has 2 aromatic heterocycles. The Hall–Kier alpha value is -7.14. The van der Waals surface area contributed by atoms with Gasteiger partial charge in [-0.25, -0.2) is 19.6 Å². The van der Waals surface area contributed by atoms with E-state index in [0.717, 1.165) is 62.1 Å². The van der Waals surface area contributed by atoms with Crippen molar-refractivity contribution in [2.45, 2.75) is 90.3 Å². The van der Waals surface area contributed by atoms with Crippen LogP contribution in [-0.4, -0.2) is 98.8 Å². The maximum Gasteiger partial charge on any atom is 0.408 e. The molecule has 15 nitrogen and oxygen atoms in total. The molecule has 5 aromatic carbocycles. The van der Waals surface area contributed by atoms with Crippen molar-refractivity contribution in [1.82, 2.24) is 40.4 Å². The second-order valence-electron chi connectivity index (χ2n) is 19.3. The molecular weight excluding hydrogens is 887 g/mol. The molecule has 4 heterocycles. The van der Waals surface area contributed by atoms with Gasteiger partial charge in [0.2, 0.25) is 5.91 Å². The molecule has 0 radical (unpaired) electrons. The molecule has 0 saturated carbocycles. The fraction of sp³-hybridized carbons (Fsp3) is 0.385. The monoisotopic (exact) mass is 942 g/mol. The summed E-state index contributed by atoms with van der Waals surface area (Å²) in [5, 5.41) is 9.32. The van der Waals surface area contributed by atoms with Crippen LogP contribution < -0.4 is 10.6 Å². The summed E-state index contributed by atoms with van der Waals surface area (Å²) < 4.78 is 41.6. The van der Waals surface area contributed by atoms with Crippen molar-refractivity contribution in [3.63, 3.8) is 0 Å². The number of fused-ring (bicyclic) bond motifs is 6. The first kappa shape index (κ1) is 46.9. The highest BCUT2D eigenvalue weighted by molar-refractivity contribution is 6.07. The number of carbonyl (C=O) groups is 4. The number of methoxy groups -OCH3 is 1. The zero-order valence-electron chi connectivity index (χ0n) is 39.3. The summed E-state index contributed by atoms with van der Waals surface area (Å²) in [5.41, 5.74) is 4.83. The molecule has 2 aliphatic heterocycles. The number of ether oxygens (including phenoxy) is 3. The van der Waals surface area contributed by atoms with Gasteiger partial charge in [0.05, 0.1) is 47.9 Å². The molecular formula is C52H56F2N8O7. The fourth-order valence-corrected chi connectivity index (χ4v) is 9.80. The summed E-state index contributed by atoms with van der Waals surface area (Å²) in [6, 6.07) is 26.5. The maximum absolute atomic E-state index is 14.6. The average Bonchev–Trinajstić information content (AvgIpc) is 4.16. The molecule has 2 aliphatic rings. The first-order valence-corrected chi connectivity index (χ1v) is 23.3. The lowest BCUT2D eigenvalue weighted by Crippen LogP contribution is -2.51. The maximum atomic E-state index is 14.6. The SMILES string of the molecule is COC(=O)N[C@H](C(=O)N1CCC[C@H]1c1nc2ccc3cc(-c4ccc5c(ccc6nc([C@@H]7C[C@H](COC(F)F)CN7C(=O)[C@H](NC(=O)OC(C)(C)C)c7ccccc7)[nH]c65)c4)ccc3c2[nH]1)C(C)C. The van der Waals surface area contributed by atoms with Crippen molar-refractivity contribution in [1.29, 1.82) is 0 Å². The van der Waals surface area contributed by atoms with Crippen LogP contribution in [0, 0.1) is 11.8 Å². The van der Waals surface area contributed by atoms with E-state index in [1.54, 1.807) is 54.8 Å².